The molecule has 2 aliphatic rings. The molecule has 0 bridgehead atoms. The molecule has 0 unspecified atom stereocenters. The Morgan fingerprint density at radius 3 is 0.925 bits per heavy atom. The lowest BCUT2D eigenvalue weighted by atomic mass is 9.70. The molecule has 0 saturated carbocycles. The van der Waals surface area contributed by atoms with Gasteiger partial charge in [0, 0.05) is 97.6 Å². The molecular weight excluding hydrogens is 1780 g/mol. The van der Waals surface area contributed by atoms with Crippen molar-refractivity contribution in [3.63, 3.8) is 0 Å². The van der Waals surface area contributed by atoms with E-state index in [4.69, 9.17) is 17.7 Å². The molecule has 0 saturated heterocycles. The zero-order valence-corrected chi connectivity index (χ0v) is 82.2. The number of rotatable bonds is 15. The Morgan fingerprint density at radius 1 is 0.219 bits per heavy atom. The maximum atomic E-state index is 6.98. The first-order valence-corrected chi connectivity index (χ1v) is 51.4. The number of para-hydroxylation sites is 8. The fourth-order valence-corrected chi connectivity index (χ4v) is 25.2. The van der Waals surface area contributed by atoms with Crippen LogP contribution in [0.25, 0.3) is 196 Å². The third-order valence-corrected chi connectivity index (χ3v) is 32.4. The molecule has 4 aromatic heterocycles. The van der Waals surface area contributed by atoms with E-state index in [9.17, 15) is 0 Å². The lowest BCUT2D eigenvalue weighted by Gasteiger charge is -2.37. The van der Waals surface area contributed by atoms with Gasteiger partial charge in [0.25, 0.3) is 0 Å². The highest BCUT2D eigenvalue weighted by Crippen LogP contribution is 2.61. The smallest absolute Gasteiger partial charge is 0.159 e. The van der Waals surface area contributed by atoms with E-state index in [0.717, 1.165) is 182 Å². The van der Waals surface area contributed by atoms with Crippen molar-refractivity contribution >= 4 is 242 Å². The van der Waals surface area contributed by atoms with Crippen molar-refractivity contribution in [3.8, 4) is 22.3 Å². The van der Waals surface area contributed by atoms with Crippen molar-refractivity contribution in [1.82, 2.24) is 0 Å². The van der Waals surface area contributed by atoms with Crippen LogP contribution < -0.4 is 19.6 Å². The Labute approximate surface area is 844 Å². The fraction of sp³-hybridized carbons (Fsp3) is 0.101. The number of anilines is 12. The molecule has 28 aromatic rings. The summed E-state index contributed by atoms with van der Waals surface area (Å²) in [7, 11) is 0. The standard InChI is InChI=1S/C70H50N2O2.C68H50N2O2/c1-43-40-61(71(49-32-28-46(29-33-49)44-16-6-4-7-17-44)59-24-14-22-54-52-20-10-12-26-63(52)73-68(54)59)57-42-58-65-48(38-39-70(58,2)3)41-62(56-37-36-51(43)66(57)67(56)65)72(50-34-30-47(31-35-50)45-18-8-5-9-19-45)60-25-15-23-55-53-21-11-13-27-64(53)74-69(55)60;1-40(2)52-39-60(70(56-28-14-20-42-18-6-8-22-45(42)56)58-30-16-26-50-47-24-10-12-32-62(47)72-67(50)58)53-38-54-63-43(35-36-68(54,3)4)37-59(51-34-33-48(52)64(53)65(51)63)69(55-27-13-19-41-17-5-7-21-44(41)55)57-29-15-25-49-46-23-9-11-31-61(46)71-66(49)57/h4-37,40-42H,38-39H2,1-3H3;5-34,37-40H,35-36H2,1-4H3. The normalized spacial score (nSPS) is 13.5. The number of benzene rings is 24. The van der Waals surface area contributed by atoms with Crippen molar-refractivity contribution in [2.45, 2.75) is 90.9 Å². The molecule has 0 N–H and O–H groups in total. The van der Waals surface area contributed by atoms with E-state index >= 15 is 0 Å². The van der Waals surface area contributed by atoms with Gasteiger partial charge in [0.2, 0.25) is 0 Å². The first-order chi connectivity index (χ1) is 71.7. The molecule has 696 valence electrons. The summed E-state index contributed by atoms with van der Waals surface area (Å²) >= 11 is 0. The van der Waals surface area contributed by atoms with Crippen LogP contribution in [-0.2, 0) is 23.7 Å². The first-order valence-electron chi connectivity index (χ1n) is 51.4. The summed E-state index contributed by atoms with van der Waals surface area (Å²) in [4.78, 5) is 9.98. The summed E-state index contributed by atoms with van der Waals surface area (Å²) in [5.41, 5.74) is 32.6. The van der Waals surface area contributed by atoms with Gasteiger partial charge in [-0.05, 0) is 269 Å². The van der Waals surface area contributed by atoms with E-state index in [1.54, 1.807) is 0 Å². The number of furan rings is 4. The van der Waals surface area contributed by atoms with Gasteiger partial charge in [-0.3, -0.25) is 0 Å². The SMILES string of the molecule is CC(C)c1cc(N(c2cccc3ccccc23)c2cccc3c2oc2ccccc23)c2cc3c4c(cc(N(c5cccc6ccccc56)c5cccc6c5oc5ccccc56)c5ccc1c2c54)CCC3(C)C.Cc1cc(N(c2ccc(-c3ccccc3)cc2)c2cccc3c2oc2ccccc23)c2cc3c4c(cc(N(c5ccc(-c6ccccc6)cc5)c5cccc6c5oc5ccccc56)c5ccc1c2c54)CCC3(C)C. The van der Waals surface area contributed by atoms with Crippen LogP contribution in [0.4, 0.5) is 68.2 Å². The van der Waals surface area contributed by atoms with E-state index in [1.165, 1.54) is 142 Å². The molecule has 0 fully saturated rings. The molecule has 146 heavy (non-hydrogen) atoms. The van der Waals surface area contributed by atoms with Crippen LogP contribution in [0.15, 0.2) is 442 Å². The number of hydrogen-bond donors (Lipinski definition) is 0. The van der Waals surface area contributed by atoms with Crippen LogP contribution in [0, 0.1) is 6.92 Å². The third-order valence-electron chi connectivity index (χ3n) is 32.4. The Morgan fingerprint density at radius 2 is 0.521 bits per heavy atom. The molecule has 0 spiro atoms. The molecule has 30 rings (SSSR count). The second-order valence-corrected chi connectivity index (χ2v) is 41.9. The van der Waals surface area contributed by atoms with Crippen molar-refractivity contribution in [2.75, 3.05) is 19.6 Å². The lowest BCUT2D eigenvalue weighted by Crippen LogP contribution is -2.24. The van der Waals surface area contributed by atoms with E-state index in [-0.39, 0.29) is 16.7 Å². The average Bonchev–Trinajstić information content (AvgIpc) is 0.746. The minimum Gasteiger partial charge on any atom is -0.454 e. The Bertz CT molecular complexity index is 10200. The molecule has 8 nitrogen and oxygen atoms in total. The van der Waals surface area contributed by atoms with E-state index in [0.29, 0.717) is 0 Å². The Hall–Kier alpha value is -17.7. The largest absolute Gasteiger partial charge is 0.454 e. The summed E-state index contributed by atoms with van der Waals surface area (Å²) in [5, 5.41) is 29.0. The van der Waals surface area contributed by atoms with Crippen LogP contribution in [-0.4, -0.2) is 0 Å². The van der Waals surface area contributed by atoms with Gasteiger partial charge in [-0.25, -0.2) is 0 Å². The molecular formula is C138H100N4O4. The Kier molecular flexibility index (Phi) is 19.0. The highest BCUT2D eigenvalue weighted by Gasteiger charge is 2.39. The average molecular weight is 1880 g/mol. The van der Waals surface area contributed by atoms with Gasteiger partial charge in [-0.15, -0.1) is 0 Å². The monoisotopic (exact) mass is 1880 g/mol. The summed E-state index contributed by atoms with van der Waals surface area (Å²) in [6.07, 6.45) is 3.99. The van der Waals surface area contributed by atoms with Gasteiger partial charge in [-0.1, -0.05) is 345 Å². The summed E-state index contributed by atoms with van der Waals surface area (Å²) in [6, 6.07) is 155. The van der Waals surface area contributed by atoms with Gasteiger partial charge < -0.3 is 37.3 Å². The number of nitrogens with zero attached hydrogens (tertiary/aromatic N) is 4. The van der Waals surface area contributed by atoms with Gasteiger partial charge in [0.1, 0.15) is 22.3 Å². The summed E-state index contributed by atoms with van der Waals surface area (Å²) < 4.78 is 27.8. The topological polar surface area (TPSA) is 65.5 Å². The van der Waals surface area contributed by atoms with E-state index in [1.807, 2.05) is 0 Å². The van der Waals surface area contributed by atoms with Crippen LogP contribution in [0.1, 0.15) is 93.7 Å². The quantitative estimate of drug-likeness (QED) is 0.0941. The zero-order valence-electron chi connectivity index (χ0n) is 82.2. The lowest BCUT2D eigenvalue weighted by molar-refractivity contribution is 0.475. The van der Waals surface area contributed by atoms with Crippen LogP contribution in [0.5, 0.6) is 0 Å². The number of aryl methyl sites for hydroxylation is 3. The van der Waals surface area contributed by atoms with E-state index < -0.39 is 0 Å². The minimum atomic E-state index is -0.0898. The summed E-state index contributed by atoms with van der Waals surface area (Å²) in [5.74, 6) is 0.227. The van der Waals surface area contributed by atoms with Crippen LogP contribution >= 0.6 is 0 Å². The molecule has 8 heteroatoms. The highest BCUT2D eigenvalue weighted by molar-refractivity contribution is 6.34. The van der Waals surface area contributed by atoms with Gasteiger partial charge >= 0.3 is 0 Å². The molecule has 0 aliphatic heterocycles. The molecule has 0 atom stereocenters. The van der Waals surface area contributed by atoms with Crippen LogP contribution in [0.2, 0.25) is 0 Å². The summed E-state index contributed by atoms with van der Waals surface area (Å²) in [6.45, 7) is 16.8. The highest BCUT2D eigenvalue weighted by atomic mass is 16.3. The van der Waals surface area contributed by atoms with Crippen molar-refractivity contribution in [3.05, 3.63) is 458 Å². The van der Waals surface area contributed by atoms with E-state index in [2.05, 4.69) is 493 Å². The molecule has 2 aliphatic carbocycles. The third kappa shape index (κ3) is 13.0. The van der Waals surface area contributed by atoms with Crippen molar-refractivity contribution in [2.24, 2.45) is 0 Å². The number of fused-ring (bicyclic) bond motifs is 14. The Balaban J connectivity index is 0.000000138. The van der Waals surface area contributed by atoms with Gasteiger partial charge in [0.15, 0.2) is 22.3 Å². The maximum Gasteiger partial charge on any atom is 0.159 e. The van der Waals surface area contributed by atoms with Crippen molar-refractivity contribution in [1.29, 1.82) is 0 Å². The maximum absolute atomic E-state index is 6.98. The predicted molar refractivity (Wildman–Crippen MR) is 616 cm³/mol. The molecule has 0 amide bonds. The zero-order chi connectivity index (χ0) is 97.2. The first kappa shape index (κ1) is 85.1. The van der Waals surface area contributed by atoms with Crippen LogP contribution in [0.3, 0.4) is 0 Å². The predicted octanol–water partition coefficient (Wildman–Crippen LogP) is 40.2. The molecule has 24 aromatic carbocycles. The number of hydrogen-bond acceptors (Lipinski definition) is 8. The van der Waals surface area contributed by atoms with Gasteiger partial charge in [0.05, 0.1) is 56.9 Å². The second kappa shape index (κ2) is 32.7. The fourth-order valence-electron chi connectivity index (χ4n) is 25.2. The second-order valence-electron chi connectivity index (χ2n) is 41.9. The molecule has 0 radical (unpaired) electrons. The van der Waals surface area contributed by atoms with Crippen molar-refractivity contribution < 1.29 is 17.7 Å². The van der Waals surface area contributed by atoms with Gasteiger partial charge in [-0.2, -0.15) is 0 Å². The minimum absolute atomic E-state index is 0.0861. The molecule has 4 heterocycles.